The summed E-state index contributed by atoms with van der Waals surface area (Å²) in [4.78, 5) is 0.191. The van der Waals surface area contributed by atoms with Crippen molar-refractivity contribution in [3.63, 3.8) is 0 Å². The molecule has 0 aromatic heterocycles. The number of hydrogen-bond donors (Lipinski definition) is 2. The average molecular weight is 626 g/mol. The minimum atomic E-state index is -4.01. The first kappa shape index (κ1) is 30.1. The topological polar surface area (TPSA) is 58.2 Å². The molecule has 2 N–H and O–H groups in total. The van der Waals surface area contributed by atoms with Gasteiger partial charge < -0.3 is 5.32 Å². The molecule has 0 aliphatic carbocycles. The second-order valence-electron chi connectivity index (χ2n) is 10.7. The van der Waals surface area contributed by atoms with Gasteiger partial charge in [0.25, 0.3) is 10.0 Å². The molecule has 0 spiro atoms. The molecule has 6 rings (SSSR count). The summed E-state index contributed by atoms with van der Waals surface area (Å²) >= 11 is 0. The summed E-state index contributed by atoms with van der Waals surface area (Å²) in [5, 5.41) is 7.71. The van der Waals surface area contributed by atoms with E-state index in [-0.39, 0.29) is 4.90 Å². The van der Waals surface area contributed by atoms with E-state index in [2.05, 4.69) is 95.0 Å². The number of anilines is 1. The Labute approximate surface area is 266 Å². The zero-order valence-corrected chi connectivity index (χ0v) is 26.6. The Hall–Kier alpha value is -4.96. The molecule has 0 amide bonds. The van der Waals surface area contributed by atoms with Gasteiger partial charge in [-0.2, -0.15) is 0 Å². The van der Waals surface area contributed by atoms with Crippen LogP contribution in [-0.4, -0.2) is 8.42 Å². The maximum atomic E-state index is 14.2. The summed E-state index contributed by atoms with van der Waals surface area (Å²) in [6.45, 7) is 1.94. The molecule has 45 heavy (non-hydrogen) atoms. The van der Waals surface area contributed by atoms with Crippen LogP contribution in [0.1, 0.15) is 11.1 Å². The van der Waals surface area contributed by atoms with Crippen molar-refractivity contribution in [1.29, 1.82) is 0 Å². The zero-order valence-electron chi connectivity index (χ0n) is 24.9. The molecule has 0 unspecified atom stereocenters. The van der Waals surface area contributed by atoms with Crippen molar-refractivity contribution in [2.24, 2.45) is 0 Å². The Balaban J connectivity index is 1.77. The van der Waals surface area contributed by atoms with Gasteiger partial charge in [0.15, 0.2) is 11.1 Å². The maximum Gasteiger partial charge on any atom is 0.263 e. The third kappa shape index (κ3) is 6.32. The maximum absolute atomic E-state index is 14.2. The molecule has 0 bridgehead atoms. The molecule has 222 valence electrons. The van der Waals surface area contributed by atoms with E-state index in [4.69, 9.17) is 0 Å². The minimum absolute atomic E-state index is 0.191. The predicted molar refractivity (Wildman–Crippen MR) is 190 cm³/mol. The van der Waals surface area contributed by atoms with E-state index in [1.54, 1.807) is 12.1 Å². The monoisotopic (exact) mass is 625 g/mol. The molecule has 6 aromatic carbocycles. The molecular formula is C39H34N2O2PS+. The lowest BCUT2D eigenvalue weighted by molar-refractivity contribution is 0.589. The van der Waals surface area contributed by atoms with E-state index in [0.29, 0.717) is 5.82 Å². The molecule has 0 saturated carbocycles. The lowest BCUT2D eigenvalue weighted by atomic mass is 10.2. The van der Waals surface area contributed by atoms with Crippen LogP contribution in [0.4, 0.5) is 5.69 Å². The summed E-state index contributed by atoms with van der Waals surface area (Å²) in [5.74, 6) is 0.401. The number of hydrogen-bond acceptors (Lipinski definition) is 3. The third-order valence-electron chi connectivity index (χ3n) is 7.66. The van der Waals surface area contributed by atoms with Gasteiger partial charge in [0.05, 0.1) is 4.90 Å². The molecular weight excluding hydrogens is 591 g/mol. The van der Waals surface area contributed by atoms with Crippen LogP contribution >= 0.6 is 7.26 Å². The van der Waals surface area contributed by atoms with Crippen LogP contribution in [0.15, 0.2) is 187 Å². The van der Waals surface area contributed by atoms with Crippen LogP contribution in [0.2, 0.25) is 0 Å². The summed E-state index contributed by atoms with van der Waals surface area (Å²) in [6.07, 6.45) is 0. The number of sulfonamides is 1. The van der Waals surface area contributed by atoms with Crippen molar-refractivity contribution in [2.75, 3.05) is 5.32 Å². The Bertz CT molecular complexity index is 1890. The van der Waals surface area contributed by atoms with Crippen molar-refractivity contribution in [3.8, 4) is 0 Å². The first-order valence-corrected chi connectivity index (χ1v) is 18.0. The van der Waals surface area contributed by atoms with Crippen LogP contribution in [-0.2, 0) is 10.0 Å². The molecule has 0 aliphatic heterocycles. The lowest BCUT2D eigenvalue weighted by Gasteiger charge is -2.32. The van der Waals surface area contributed by atoms with Crippen molar-refractivity contribution in [1.82, 2.24) is 4.72 Å². The fourth-order valence-electron chi connectivity index (χ4n) is 5.60. The van der Waals surface area contributed by atoms with Gasteiger partial charge in [-0.3, -0.25) is 4.72 Å². The first-order valence-electron chi connectivity index (χ1n) is 14.8. The van der Waals surface area contributed by atoms with Crippen molar-refractivity contribution in [3.05, 3.63) is 193 Å². The van der Waals surface area contributed by atoms with Crippen LogP contribution in [0.25, 0.3) is 5.31 Å². The van der Waals surface area contributed by atoms with Crippen LogP contribution in [0.3, 0.4) is 0 Å². The van der Waals surface area contributed by atoms with Crippen LogP contribution < -0.4 is 26.0 Å². The van der Waals surface area contributed by atoms with Crippen LogP contribution in [0.5, 0.6) is 0 Å². The van der Waals surface area contributed by atoms with E-state index in [0.717, 1.165) is 38.0 Å². The molecule has 6 heteroatoms. The fraction of sp³-hybridized carbons (Fsp3) is 0.0256. The van der Waals surface area contributed by atoms with Crippen molar-refractivity contribution in [2.45, 2.75) is 11.8 Å². The van der Waals surface area contributed by atoms with E-state index in [1.165, 1.54) is 0 Å². The van der Waals surface area contributed by atoms with E-state index < -0.39 is 17.3 Å². The first-order chi connectivity index (χ1) is 22.0. The van der Waals surface area contributed by atoms with Gasteiger partial charge in [0.1, 0.15) is 23.2 Å². The number of benzene rings is 6. The Morgan fingerprint density at radius 1 is 0.511 bits per heavy atom. The lowest BCUT2D eigenvalue weighted by Crippen LogP contribution is -2.36. The Morgan fingerprint density at radius 2 is 0.911 bits per heavy atom. The summed E-state index contributed by atoms with van der Waals surface area (Å²) < 4.78 is 31.5. The van der Waals surface area contributed by atoms with Gasteiger partial charge in [-0.1, -0.05) is 121 Å². The molecule has 0 atom stereocenters. The van der Waals surface area contributed by atoms with Crippen LogP contribution in [0, 0.1) is 6.92 Å². The smallest absolute Gasteiger partial charge is 0.263 e. The highest BCUT2D eigenvalue weighted by atomic mass is 32.2. The van der Waals surface area contributed by atoms with E-state index in [9.17, 15) is 8.42 Å². The molecule has 0 aliphatic rings. The van der Waals surface area contributed by atoms with E-state index >= 15 is 0 Å². The van der Waals surface area contributed by atoms with Gasteiger partial charge >= 0.3 is 0 Å². The SMILES string of the molecule is Cc1ccc(S(=O)(=O)N/C(Nc2ccccc2)=C(/c2ccccc2)[P+](c2ccccc2)(c2ccccc2)c2ccccc2)cc1. The van der Waals surface area contributed by atoms with Gasteiger partial charge in [-0.05, 0) is 67.6 Å². The molecule has 0 fully saturated rings. The van der Waals surface area contributed by atoms with Gasteiger partial charge in [0.2, 0.25) is 0 Å². The molecule has 4 nitrogen and oxygen atoms in total. The average Bonchev–Trinajstić information content (AvgIpc) is 3.09. The largest absolute Gasteiger partial charge is 0.338 e. The van der Waals surface area contributed by atoms with Gasteiger partial charge in [0, 0.05) is 11.3 Å². The quantitative estimate of drug-likeness (QED) is 0.153. The molecule has 0 heterocycles. The Kier molecular flexibility index (Phi) is 8.93. The van der Waals surface area contributed by atoms with Gasteiger partial charge in [-0.15, -0.1) is 0 Å². The number of para-hydroxylation sites is 1. The predicted octanol–water partition coefficient (Wildman–Crippen LogP) is 7.71. The summed E-state index contributed by atoms with van der Waals surface area (Å²) in [7, 11) is -6.78. The second kappa shape index (κ2) is 13.4. The van der Waals surface area contributed by atoms with Gasteiger partial charge in [-0.25, -0.2) is 8.42 Å². The minimum Gasteiger partial charge on any atom is -0.338 e. The van der Waals surface area contributed by atoms with Crippen molar-refractivity contribution >= 4 is 44.2 Å². The van der Waals surface area contributed by atoms with E-state index in [1.807, 2.05) is 85.8 Å². The normalized spacial score (nSPS) is 12.2. The summed E-state index contributed by atoms with van der Waals surface area (Å²) in [5.41, 5.74) is 2.66. The highest BCUT2D eigenvalue weighted by Crippen LogP contribution is 2.67. The number of rotatable bonds is 10. The highest BCUT2D eigenvalue weighted by Gasteiger charge is 2.52. The Morgan fingerprint density at radius 3 is 1.36 bits per heavy atom. The zero-order chi connectivity index (χ0) is 31.1. The van der Waals surface area contributed by atoms with Crippen molar-refractivity contribution < 1.29 is 8.42 Å². The summed E-state index contributed by atoms with van der Waals surface area (Å²) in [6, 6.07) is 58.1. The fourth-order valence-corrected chi connectivity index (χ4v) is 11.2. The second-order valence-corrected chi connectivity index (χ2v) is 15.7. The third-order valence-corrected chi connectivity index (χ3v) is 13.4. The molecule has 0 saturated heterocycles. The standard InChI is InChI=1S/C39H34N2O2PS/c1-31-27-29-37(30-28-31)45(42,43)41-39(40-33-19-9-3-10-20-33)38(32-17-7-2-8-18-32)44(34-21-11-4-12-22-34,35-23-13-5-14-24-35)36-25-15-6-16-26-36/h2-30,40-41H,1H3/q+1/b39-38-. The number of nitrogens with one attached hydrogen (secondary N) is 2. The molecule has 6 aromatic rings. The molecule has 0 radical (unpaired) electrons. The highest BCUT2D eigenvalue weighted by molar-refractivity contribution is 8.03. The number of aryl methyl sites for hydroxylation is 1.